The van der Waals surface area contributed by atoms with Crippen molar-refractivity contribution in [2.24, 2.45) is 11.8 Å². The Bertz CT molecular complexity index is 443. The number of carbonyl (C=O) groups is 1. The number of nitrogens with one attached hydrogen (secondary N) is 2. The van der Waals surface area contributed by atoms with Crippen LogP contribution in [0.2, 0.25) is 0 Å². The zero-order valence-corrected chi connectivity index (χ0v) is 12.4. The van der Waals surface area contributed by atoms with Crippen LogP contribution >= 0.6 is 15.9 Å². The first kappa shape index (κ1) is 13.6. The van der Waals surface area contributed by atoms with Gasteiger partial charge in [0.1, 0.15) is 0 Å². The third kappa shape index (κ3) is 3.12. The molecule has 2 N–H and O–H groups in total. The predicted molar refractivity (Wildman–Crippen MR) is 76.2 cm³/mol. The molecule has 1 saturated heterocycles. The highest BCUT2D eigenvalue weighted by atomic mass is 79.9. The van der Waals surface area contributed by atoms with Gasteiger partial charge in [-0.2, -0.15) is 0 Å². The second kappa shape index (κ2) is 5.85. The molecule has 3 nitrogen and oxygen atoms in total. The van der Waals surface area contributed by atoms with Crippen molar-refractivity contribution in [1.82, 2.24) is 10.6 Å². The Kier molecular flexibility index (Phi) is 4.40. The van der Waals surface area contributed by atoms with E-state index in [1.165, 1.54) is 11.1 Å². The van der Waals surface area contributed by atoms with Crippen molar-refractivity contribution in [3.05, 3.63) is 33.8 Å². The number of amides is 1. The smallest absolute Gasteiger partial charge is 0.223 e. The van der Waals surface area contributed by atoms with E-state index in [4.69, 9.17) is 0 Å². The largest absolute Gasteiger partial charge is 0.352 e. The number of aryl methyl sites for hydroxylation is 1. The Labute approximate surface area is 116 Å². The lowest BCUT2D eigenvalue weighted by Gasteiger charge is -2.31. The van der Waals surface area contributed by atoms with Gasteiger partial charge in [0, 0.05) is 16.9 Å². The standard InChI is InChI=1S/C14H19BrN2O/c1-9-5-13(15)4-3-11(9)8-17-14(18)10(2)12-6-16-7-12/h3-5,10,12,16H,6-8H2,1-2H3,(H,17,18). The zero-order chi connectivity index (χ0) is 13.1. The van der Waals surface area contributed by atoms with Gasteiger partial charge >= 0.3 is 0 Å². The number of hydrogen-bond acceptors (Lipinski definition) is 2. The van der Waals surface area contributed by atoms with E-state index in [1.54, 1.807) is 0 Å². The highest BCUT2D eigenvalue weighted by Gasteiger charge is 2.28. The fourth-order valence-electron chi connectivity index (χ4n) is 2.08. The first-order valence-corrected chi connectivity index (χ1v) is 7.10. The van der Waals surface area contributed by atoms with E-state index in [2.05, 4.69) is 45.6 Å². The van der Waals surface area contributed by atoms with Crippen LogP contribution in [0.4, 0.5) is 0 Å². The molecule has 1 amide bonds. The number of rotatable bonds is 4. The summed E-state index contributed by atoms with van der Waals surface area (Å²) in [5, 5.41) is 6.23. The maximum atomic E-state index is 12.0. The van der Waals surface area contributed by atoms with Crippen molar-refractivity contribution in [2.75, 3.05) is 13.1 Å². The summed E-state index contributed by atoms with van der Waals surface area (Å²) >= 11 is 3.44. The lowest BCUT2D eigenvalue weighted by Crippen LogP contribution is -2.49. The van der Waals surface area contributed by atoms with Crippen LogP contribution in [0.1, 0.15) is 18.1 Å². The summed E-state index contributed by atoms with van der Waals surface area (Å²) < 4.78 is 1.07. The van der Waals surface area contributed by atoms with E-state index in [-0.39, 0.29) is 11.8 Å². The molecule has 2 rings (SSSR count). The Morgan fingerprint density at radius 2 is 2.28 bits per heavy atom. The van der Waals surface area contributed by atoms with Gasteiger partial charge in [0.15, 0.2) is 0 Å². The molecule has 0 radical (unpaired) electrons. The summed E-state index contributed by atoms with van der Waals surface area (Å²) in [7, 11) is 0. The summed E-state index contributed by atoms with van der Waals surface area (Å²) in [5.74, 6) is 0.752. The number of benzene rings is 1. The minimum atomic E-state index is 0.0991. The zero-order valence-electron chi connectivity index (χ0n) is 10.8. The molecular formula is C14H19BrN2O. The maximum absolute atomic E-state index is 12.0. The summed E-state index contributed by atoms with van der Waals surface area (Å²) in [5.41, 5.74) is 2.37. The molecule has 0 aliphatic carbocycles. The van der Waals surface area contributed by atoms with E-state index in [0.717, 1.165) is 17.6 Å². The SMILES string of the molecule is Cc1cc(Br)ccc1CNC(=O)C(C)C1CNC1. The van der Waals surface area contributed by atoms with E-state index in [0.29, 0.717) is 12.5 Å². The van der Waals surface area contributed by atoms with E-state index in [9.17, 15) is 4.79 Å². The molecule has 1 aliphatic rings. The van der Waals surface area contributed by atoms with Crippen LogP contribution in [-0.4, -0.2) is 19.0 Å². The molecule has 1 aromatic carbocycles. The van der Waals surface area contributed by atoms with Crippen molar-refractivity contribution >= 4 is 21.8 Å². The van der Waals surface area contributed by atoms with Crippen LogP contribution in [0.25, 0.3) is 0 Å². The third-order valence-electron chi connectivity index (χ3n) is 3.69. The lowest BCUT2D eigenvalue weighted by atomic mass is 9.88. The van der Waals surface area contributed by atoms with Crippen molar-refractivity contribution in [3.63, 3.8) is 0 Å². The molecule has 0 bridgehead atoms. The van der Waals surface area contributed by atoms with Crippen LogP contribution in [0.5, 0.6) is 0 Å². The summed E-state index contributed by atoms with van der Waals surface area (Å²) in [6, 6.07) is 6.13. The van der Waals surface area contributed by atoms with Gasteiger partial charge in [-0.05, 0) is 49.2 Å². The summed E-state index contributed by atoms with van der Waals surface area (Å²) in [6.07, 6.45) is 0. The van der Waals surface area contributed by atoms with Crippen LogP contribution in [0, 0.1) is 18.8 Å². The average Bonchev–Trinajstić information content (AvgIpc) is 2.25. The van der Waals surface area contributed by atoms with Gasteiger partial charge in [0.25, 0.3) is 0 Å². The molecule has 1 unspecified atom stereocenters. The van der Waals surface area contributed by atoms with Crippen molar-refractivity contribution in [2.45, 2.75) is 20.4 Å². The summed E-state index contributed by atoms with van der Waals surface area (Å²) in [6.45, 7) is 6.61. The van der Waals surface area contributed by atoms with E-state index < -0.39 is 0 Å². The van der Waals surface area contributed by atoms with Gasteiger partial charge in [-0.25, -0.2) is 0 Å². The average molecular weight is 311 g/mol. The second-order valence-electron chi connectivity index (χ2n) is 5.00. The minimum Gasteiger partial charge on any atom is -0.352 e. The highest BCUT2D eigenvalue weighted by Crippen LogP contribution is 2.18. The molecule has 98 valence electrons. The van der Waals surface area contributed by atoms with Crippen molar-refractivity contribution in [3.8, 4) is 0 Å². The molecule has 0 saturated carbocycles. The molecule has 18 heavy (non-hydrogen) atoms. The molecule has 1 atom stereocenters. The van der Waals surface area contributed by atoms with Crippen molar-refractivity contribution < 1.29 is 4.79 Å². The van der Waals surface area contributed by atoms with Gasteiger partial charge in [0.05, 0.1) is 0 Å². The van der Waals surface area contributed by atoms with Gasteiger partial charge in [-0.15, -0.1) is 0 Å². The van der Waals surface area contributed by atoms with Crippen LogP contribution in [0.15, 0.2) is 22.7 Å². The molecule has 0 aromatic heterocycles. The molecule has 1 aromatic rings. The molecule has 0 spiro atoms. The first-order valence-electron chi connectivity index (χ1n) is 6.31. The molecule has 4 heteroatoms. The topological polar surface area (TPSA) is 41.1 Å². The Balaban J connectivity index is 1.88. The monoisotopic (exact) mass is 310 g/mol. The molecule has 1 heterocycles. The summed E-state index contributed by atoms with van der Waals surface area (Å²) in [4.78, 5) is 12.0. The van der Waals surface area contributed by atoms with Gasteiger partial charge in [0.2, 0.25) is 5.91 Å². The predicted octanol–water partition coefficient (Wildman–Crippen LogP) is 2.23. The van der Waals surface area contributed by atoms with E-state index >= 15 is 0 Å². The minimum absolute atomic E-state index is 0.0991. The molecule has 1 fully saturated rings. The number of carbonyl (C=O) groups excluding carboxylic acids is 1. The second-order valence-corrected chi connectivity index (χ2v) is 5.91. The highest BCUT2D eigenvalue weighted by molar-refractivity contribution is 9.10. The molecular weight excluding hydrogens is 292 g/mol. The van der Waals surface area contributed by atoms with Crippen molar-refractivity contribution in [1.29, 1.82) is 0 Å². The third-order valence-corrected chi connectivity index (χ3v) is 4.18. The van der Waals surface area contributed by atoms with Crippen LogP contribution in [0.3, 0.4) is 0 Å². The lowest BCUT2D eigenvalue weighted by molar-refractivity contribution is -0.126. The normalized spacial score (nSPS) is 17.1. The number of hydrogen-bond donors (Lipinski definition) is 2. The fraction of sp³-hybridized carbons (Fsp3) is 0.500. The Morgan fingerprint density at radius 3 is 2.83 bits per heavy atom. The van der Waals surface area contributed by atoms with Crippen LogP contribution < -0.4 is 10.6 Å². The Morgan fingerprint density at radius 1 is 1.56 bits per heavy atom. The maximum Gasteiger partial charge on any atom is 0.223 e. The Hall–Kier alpha value is -0.870. The van der Waals surface area contributed by atoms with Gasteiger partial charge < -0.3 is 10.6 Å². The first-order chi connectivity index (χ1) is 8.58. The van der Waals surface area contributed by atoms with Crippen LogP contribution in [-0.2, 0) is 11.3 Å². The van der Waals surface area contributed by atoms with Gasteiger partial charge in [-0.1, -0.05) is 28.9 Å². The quantitative estimate of drug-likeness (QED) is 0.895. The molecule has 1 aliphatic heterocycles. The fourth-order valence-corrected chi connectivity index (χ4v) is 2.56. The van der Waals surface area contributed by atoms with Gasteiger partial charge in [-0.3, -0.25) is 4.79 Å². The van der Waals surface area contributed by atoms with E-state index in [1.807, 2.05) is 13.0 Å². The number of halogens is 1.